The van der Waals surface area contributed by atoms with Gasteiger partial charge in [0.25, 0.3) is 5.92 Å². The average molecular weight is 200 g/mol. The zero-order chi connectivity index (χ0) is 10.0. The molecule has 0 radical (unpaired) electrons. The van der Waals surface area contributed by atoms with Gasteiger partial charge in [-0.3, -0.25) is 0 Å². The van der Waals surface area contributed by atoms with Crippen molar-refractivity contribution in [1.82, 2.24) is 10.3 Å². The van der Waals surface area contributed by atoms with E-state index in [0.717, 1.165) is 0 Å². The zero-order valence-electron chi connectivity index (χ0n) is 7.89. The predicted molar refractivity (Wildman–Crippen MR) is 50.3 cm³/mol. The van der Waals surface area contributed by atoms with E-state index in [0.29, 0.717) is 25.9 Å². The van der Waals surface area contributed by atoms with Crippen molar-refractivity contribution in [2.45, 2.75) is 18.8 Å². The van der Waals surface area contributed by atoms with E-state index in [1.54, 1.807) is 12.3 Å². The number of nitrogens with one attached hydrogen (secondary N) is 2. The van der Waals surface area contributed by atoms with E-state index in [2.05, 4.69) is 10.3 Å². The van der Waals surface area contributed by atoms with Crippen LogP contribution in [0.5, 0.6) is 0 Å². The van der Waals surface area contributed by atoms with E-state index < -0.39 is 11.8 Å². The monoisotopic (exact) mass is 200 g/mol. The van der Waals surface area contributed by atoms with Gasteiger partial charge in [-0.2, -0.15) is 8.78 Å². The van der Waals surface area contributed by atoms with Gasteiger partial charge in [-0.15, -0.1) is 0 Å². The molecule has 1 saturated heterocycles. The molecule has 0 amide bonds. The fourth-order valence-corrected chi connectivity index (χ4v) is 1.94. The third-order valence-electron chi connectivity index (χ3n) is 2.81. The molecule has 2 nitrogen and oxygen atoms in total. The zero-order valence-corrected chi connectivity index (χ0v) is 7.89. The largest absolute Gasteiger partial charge is 0.360 e. The quantitative estimate of drug-likeness (QED) is 0.751. The summed E-state index contributed by atoms with van der Waals surface area (Å²) in [6.07, 6.45) is 2.64. The van der Waals surface area contributed by atoms with Gasteiger partial charge in [0.15, 0.2) is 0 Å². The Morgan fingerprint density at radius 2 is 2.00 bits per heavy atom. The number of rotatable bonds is 2. The van der Waals surface area contributed by atoms with Gasteiger partial charge in [0.05, 0.1) is 5.69 Å². The number of H-pyrrole nitrogens is 1. The van der Waals surface area contributed by atoms with Crippen LogP contribution in [0.1, 0.15) is 18.5 Å². The molecule has 0 saturated carbocycles. The topological polar surface area (TPSA) is 27.8 Å². The Kier molecular flexibility index (Phi) is 2.54. The number of halogens is 2. The second-order valence-electron chi connectivity index (χ2n) is 3.73. The highest BCUT2D eigenvalue weighted by Crippen LogP contribution is 2.39. The fourth-order valence-electron chi connectivity index (χ4n) is 1.94. The van der Waals surface area contributed by atoms with Gasteiger partial charge in [0, 0.05) is 12.1 Å². The molecule has 0 bridgehead atoms. The first-order valence-corrected chi connectivity index (χ1v) is 4.93. The minimum absolute atomic E-state index is 0.0457. The highest BCUT2D eigenvalue weighted by atomic mass is 19.3. The summed E-state index contributed by atoms with van der Waals surface area (Å²) in [6.45, 7) is 1.39. The molecular weight excluding hydrogens is 186 g/mol. The number of aromatic amines is 1. The summed E-state index contributed by atoms with van der Waals surface area (Å²) < 4.78 is 27.6. The van der Waals surface area contributed by atoms with Gasteiger partial charge < -0.3 is 10.3 Å². The van der Waals surface area contributed by atoms with Crippen LogP contribution in [0, 0.1) is 5.92 Å². The molecule has 0 aromatic carbocycles. The first-order chi connectivity index (χ1) is 6.71. The Hall–Kier alpha value is -0.900. The first kappa shape index (κ1) is 9.65. The standard InChI is InChI=1S/C10H14F2N2/c11-10(12,9-2-1-5-14-9)8-3-6-13-7-4-8/h1-2,5,8,13-14H,3-4,6-7H2. The van der Waals surface area contributed by atoms with Crippen molar-refractivity contribution < 1.29 is 8.78 Å². The van der Waals surface area contributed by atoms with Gasteiger partial charge in [0.1, 0.15) is 0 Å². The molecule has 2 N–H and O–H groups in total. The molecule has 1 aliphatic heterocycles. The van der Waals surface area contributed by atoms with Gasteiger partial charge in [0.2, 0.25) is 0 Å². The van der Waals surface area contributed by atoms with E-state index in [1.807, 2.05) is 0 Å². The third kappa shape index (κ3) is 1.66. The Morgan fingerprint density at radius 3 is 2.57 bits per heavy atom. The molecule has 0 spiro atoms. The summed E-state index contributed by atoms with van der Waals surface area (Å²) >= 11 is 0. The van der Waals surface area contributed by atoms with Crippen molar-refractivity contribution in [3.63, 3.8) is 0 Å². The fraction of sp³-hybridized carbons (Fsp3) is 0.600. The van der Waals surface area contributed by atoms with Crippen molar-refractivity contribution in [3.05, 3.63) is 24.0 Å². The summed E-state index contributed by atoms with van der Waals surface area (Å²) in [4.78, 5) is 2.60. The molecule has 14 heavy (non-hydrogen) atoms. The van der Waals surface area contributed by atoms with Gasteiger partial charge in [-0.25, -0.2) is 0 Å². The van der Waals surface area contributed by atoms with Crippen molar-refractivity contribution in [3.8, 4) is 0 Å². The van der Waals surface area contributed by atoms with E-state index >= 15 is 0 Å². The second-order valence-corrected chi connectivity index (χ2v) is 3.73. The molecule has 1 fully saturated rings. The molecule has 2 rings (SSSR count). The number of piperidine rings is 1. The maximum Gasteiger partial charge on any atom is 0.290 e. The molecule has 0 atom stereocenters. The van der Waals surface area contributed by atoms with Crippen LogP contribution in [0.3, 0.4) is 0 Å². The Morgan fingerprint density at radius 1 is 1.29 bits per heavy atom. The Balaban J connectivity index is 2.14. The van der Waals surface area contributed by atoms with Crippen molar-refractivity contribution in [1.29, 1.82) is 0 Å². The van der Waals surface area contributed by atoms with Crippen LogP contribution in [0.15, 0.2) is 18.3 Å². The lowest BCUT2D eigenvalue weighted by Gasteiger charge is -2.29. The smallest absolute Gasteiger partial charge is 0.290 e. The van der Waals surface area contributed by atoms with E-state index in [1.165, 1.54) is 6.07 Å². The summed E-state index contributed by atoms with van der Waals surface area (Å²) in [5, 5.41) is 3.09. The molecule has 4 heteroatoms. The van der Waals surface area contributed by atoms with Crippen molar-refractivity contribution in [2.75, 3.05) is 13.1 Å². The molecular formula is C10H14F2N2. The summed E-state index contributed by atoms with van der Waals surface area (Å²) in [7, 11) is 0. The third-order valence-corrected chi connectivity index (χ3v) is 2.81. The summed E-state index contributed by atoms with van der Waals surface area (Å²) in [6, 6.07) is 3.08. The van der Waals surface area contributed by atoms with E-state index in [-0.39, 0.29) is 5.69 Å². The van der Waals surface area contributed by atoms with Crippen LogP contribution in [0.25, 0.3) is 0 Å². The number of aromatic nitrogens is 1. The first-order valence-electron chi connectivity index (χ1n) is 4.93. The molecule has 1 aromatic rings. The van der Waals surface area contributed by atoms with Crippen LogP contribution >= 0.6 is 0 Å². The van der Waals surface area contributed by atoms with Crippen LogP contribution in [-0.2, 0) is 5.92 Å². The average Bonchev–Trinajstić information content (AvgIpc) is 2.72. The van der Waals surface area contributed by atoms with Crippen LogP contribution in [-0.4, -0.2) is 18.1 Å². The molecule has 1 aliphatic rings. The van der Waals surface area contributed by atoms with Crippen molar-refractivity contribution in [2.24, 2.45) is 5.92 Å². The van der Waals surface area contributed by atoms with Crippen LogP contribution in [0.4, 0.5) is 8.78 Å². The minimum Gasteiger partial charge on any atom is -0.360 e. The highest BCUT2D eigenvalue weighted by molar-refractivity contribution is 5.12. The molecule has 0 unspecified atom stereocenters. The van der Waals surface area contributed by atoms with Gasteiger partial charge in [-0.1, -0.05) is 0 Å². The normalized spacial score (nSPS) is 19.9. The molecule has 1 aromatic heterocycles. The predicted octanol–water partition coefficient (Wildman–Crippen LogP) is 2.11. The highest BCUT2D eigenvalue weighted by Gasteiger charge is 2.42. The SMILES string of the molecule is FC(F)(c1ccc[nH]1)C1CCNCC1. The van der Waals surface area contributed by atoms with Gasteiger partial charge >= 0.3 is 0 Å². The maximum atomic E-state index is 13.8. The lowest BCUT2D eigenvalue weighted by atomic mass is 9.89. The van der Waals surface area contributed by atoms with E-state index in [9.17, 15) is 8.78 Å². The van der Waals surface area contributed by atoms with Gasteiger partial charge in [-0.05, 0) is 38.1 Å². The van der Waals surface area contributed by atoms with Crippen molar-refractivity contribution >= 4 is 0 Å². The lowest BCUT2D eigenvalue weighted by Crippen LogP contribution is -2.36. The Labute approximate surface area is 81.7 Å². The van der Waals surface area contributed by atoms with Crippen LogP contribution in [0.2, 0.25) is 0 Å². The second kappa shape index (κ2) is 3.69. The van der Waals surface area contributed by atoms with Crippen LogP contribution < -0.4 is 5.32 Å². The number of hydrogen-bond donors (Lipinski definition) is 2. The maximum absolute atomic E-state index is 13.8. The minimum atomic E-state index is -2.70. The number of alkyl halides is 2. The number of hydrogen-bond acceptors (Lipinski definition) is 1. The molecule has 2 heterocycles. The van der Waals surface area contributed by atoms with E-state index in [4.69, 9.17) is 0 Å². The molecule has 78 valence electrons. The summed E-state index contributed by atoms with van der Waals surface area (Å²) in [5.41, 5.74) is 0.0457. The molecule has 0 aliphatic carbocycles. The lowest BCUT2D eigenvalue weighted by molar-refractivity contribution is -0.0786. The summed E-state index contributed by atoms with van der Waals surface area (Å²) in [5.74, 6) is -3.23. The Bertz CT molecular complexity index is 276.